The van der Waals surface area contributed by atoms with E-state index in [1.54, 1.807) is 18.2 Å². The first-order valence-corrected chi connectivity index (χ1v) is 8.46. The van der Waals surface area contributed by atoms with Gasteiger partial charge in [-0.2, -0.15) is 5.26 Å². The molecule has 2 aromatic rings. The van der Waals surface area contributed by atoms with Crippen molar-refractivity contribution < 1.29 is 9.90 Å². The summed E-state index contributed by atoms with van der Waals surface area (Å²) in [5.41, 5.74) is -0.263. The van der Waals surface area contributed by atoms with Crippen LogP contribution in [-0.4, -0.2) is 15.5 Å². The van der Waals surface area contributed by atoms with Crippen molar-refractivity contribution in [2.24, 2.45) is 0 Å². The number of benzene rings is 1. The molecular formula is C19H19ClN2O3. The summed E-state index contributed by atoms with van der Waals surface area (Å²) in [4.78, 5) is 25.3. The molecule has 0 aliphatic carbocycles. The van der Waals surface area contributed by atoms with Gasteiger partial charge in [0.2, 0.25) is 5.88 Å². The molecule has 1 N–H and O–H groups in total. The Kier molecular flexibility index (Phi) is 6.00. The third-order valence-electron chi connectivity index (χ3n) is 4.10. The minimum Gasteiger partial charge on any atom is -0.494 e. The van der Waals surface area contributed by atoms with Gasteiger partial charge in [0.1, 0.15) is 11.6 Å². The van der Waals surface area contributed by atoms with Crippen LogP contribution in [-0.2, 0) is 6.54 Å². The van der Waals surface area contributed by atoms with Crippen LogP contribution in [0.15, 0.2) is 29.1 Å². The second-order valence-electron chi connectivity index (χ2n) is 5.81. The Morgan fingerprint density at radius 3 is 2.68 bits per heavy atom. The highest BCUT2D eigenvalue weighted by atomic mass is 35.5. The van der Waals surface area contributed by atoms with Crippen LogP contribution in [0.2, 0.25) is 5.02 Å². The molecule has 0 spiro atoms. The van der Waals surface area contributed by atoms with Gasteiger partial charge < -0.3 is 5.11 Å². The third-order valence-corrected chi connectivity index (χ3v) is 4.33. The van der Waals surface area contributed by atoms with Gasteiger partial charge in [0.25, 0.3) is 5.56 Å². The van der Waals surface area contributed by atoms with Crippen LogP contribution in [0.1, 0.15) is 53.2 Å². The van der Waals surface area contributed by atoms with Crippen molar-refractivity contribution in [3.63, 3.8) is 0 Å². The molecule has 6 heteroatoms. The van der Waals surface area contributed by atoms with Gasteiger partial charge in [0.05, 0.1) is 5.56 Å². The van der Waals surface area contributed by atoms with Crippen molar-refractivity contribution in [2.45, 2.75) is 39.7 Å². The number of halogens is 1. The van der Waals surface area contributed by atoms with Gasteiger partial charge in [-0.25, -0.2) is 0 Å². The zero-order chi connectivity index (χ0) is 18.6. The summed E-state index contributed by atoms with van der Waals surface area (Å²) in [5, 5.41) is 20.3. The number of carbonyl (C=O) groups is 1. The summed E-state index contributed by atoms with van der Waals surface area (Å²) in [5.74, 6) is -0.874. The molecule has 5 nitrogen and oxygen atoms in total. The number of pyridine rings is 1. The molecule has 0 saturated heterocycles. The summed E-state index contributed by atoms with van der Waals surface area (Å²) in [6.45, 7) is 3.77. The quantitative estimate of drug-likeness (QED) is 0.628. The molecule has 0 radical (unpaired) electrons. The minimum atomic E-state index is -0.573. The van der Waals surface area contributed by atoms with E-state index in [-0.39, 0.29) is 28.8 Å². The van der Waals surface area contributed by atoms with Gasteiger partial charge in [0.15, 0.2) is 5.78 Å². The van der Waals surface area contributed by atoms with Crippen LogP contribution < -0.4 is 5.56 Å². The molecule has 0 unspecified atom stereocenters. The van der Waals surface area contributed by atoms with Gasteiger partial charge in [-0.1, -0.05) is 43.5 Å². The van der Waals surface area contributed by atoms with Gasteiger partial charge in [-0.3, -0.25) is 14.2 Å². The third kappa shape index (κ3) is 3.75. The van der Waals surface area contributed by atoms with E-state index in [9.17, 15) is 20.0 Å². The van der Waals surface area contributed by atoms with Gasteiger partial charge in [-0.15, -0.1) is 0 Å². The molecular weight excluding hydrogens is 340 g/mol. The zero-order valence-electron chi connectivity index (χ0n) is 14.2. The molecule has 0 aliphatic rings. The Morgan fingerprint density at radius 1 is 1.36 bits per heavy atom. The number of nitrogens with zero attached hydrogens (tertiary/aromatic N) is 2. The Bertz CT molecular complexity index is 910. The number of hydrogen-bond donors (Lipinski definition) is 1. The fourth-order valence-corrected chi connectivity index (χ4v) is 2.91. The van der Waals surface area contributed by atoms with Crippen LogP contribution in [0.5, 0.6) is 5.88 Å². The first kappa shape index (κ1) is 18.8. The molecule has 0 bridgehead atoms. The molecule has 0 atom stereocenters. The van der Waals surface area contributed by atoms with Crippen molar-refractivity contribution in [3.8, 4) is 11.9 Å². The minimum absolute atomic E-state index is 0.0325. The average molecular weight is 359 g/mol. The smallest absolute Gasteiger partial charge is 0.271 e. The monoisotopic (exact) mass is 358 g/mol. The molecule has 1 aromatic carbocycles. The first-order valence-electron chi connectivity index (χ1n) is 8.09. The zero-order valence-corrected chi connectivity index (χ0v) is 14.9. The van der Waals surface area contributed by atoms with E-state index in [0.29, 0.717) is 11.4 Å². The van der Waals surface area contributed by atoms with E-state index in [0.717, 1.165) is 17.4 Å². The average Bonchev–Trinajstić information content (AvgIpc) is 2.58. The summed E-state index contributed by atoms with van der Waals surface area (Å²) in [6, 6.07) is 8.19. The molecule has 1 aromatic heterocycles. The lowest BCUT2D eigenvalue weighted by Crippen LogP contribution is -2.27. The summed E-state index contributed by atoms with van der Waals surface area (Å²) >= 11 is 5.93. The molecule has 2 rings (SSSR count). The Hall–Kier alpha value is -2.58. The standard InChI is InChI=1S/C19H19ClN2O3/c1-3-4-5-9-22-18(24)15(11-21)12(2)16(19(22)25)17(23)13-7-6-8-14(20)10-13/h6-8,10,25H,3-5,9H2,1-2H3. The number of ketones is 1. The van der Waals surface area contributed by atoms with Crippen LogP contribution in [0, 0.1) is 18.3 Å². The van der Waals surface area contributed by atoms with Gasteiger partial charge in [-0.05, 0) is 31.0 Å². The highest BCUT2D eigenvalue weighted by Crippen LogP contribution is 2.26. The fourth-order valence-electron chi connectivity index (χ4n) is 2.72. The maximum absolute atomic E-state index is 12.9. The summed E-state index contributed by atoms with van der Waals surface area (Å²) in [7, 11) is 0. The van der Waals surface area contributed by atoms with Crippen molar-refractivity contribution in [1.29, 1.82) is 5.26 Å². The number of rotatable bonds is 6. The van der Waals surface area contributed by atoms with Crippen molar-refractivity contribution in [1.82, 2.24) is 4.57 Å². The summed E-state index contributed by atoms with van der Waals surface area (Å²) in [6.07, 6.45) is 2.49. The molecule has 0 saturated carbocycles. The maximum atomic E-state index is 12.9. The van der Waals surface area contributed by atoms with E-state index in [1.165, 1.54) is 13.0 Å². The first-order chi connectivity index (χ1) is 11.9. The molecule has 130 valence electrons. The number of aromatic nitrogens is 1. The topological polar surface area (TPSA) is 83.1 Å². The maximum Gasteiger partial charge on any atom is 0.271 e. The van der Waals surface area contributed by atoms with Crippen LogP contribution >= 0.6 is 11.6 Å². The Labute approximate surface area is 151 Å². The lowest BCUT2D eigenvalue weighted by molar-refractivity contribution is 0.103. The predicted molar refractivity (Wildman–Crippen MR) is 96.2 cm³/mol. The SMILES string of the molecule is CCCCCn1c(O)c(C(=O)c2cccc(Cl)c2)c(C)c(C#N)c1=O. The number of carbonyl (C=O) groups excluding carboxylic acids is 1. The Balaban J connectivity index is 2.64. The van der Waals surface area contributed by atoms with E-state index in [2.05, 4.69) is 0 Å². The molecule has 0 amide bonds. The normalized spacial score (nSPS) is 10.5. The molecule has 0 fully saturated rings. The number of aromatic hydroxyl groups is 1. The highest BCUT2D eigenvalue weighted by molar-refractivity contribution is 6.31. The van der Waals surface area contributed by atoms with Crippen LogP contribution in [0.3, 0.4) is 0 Å². The second-order valence-corrected chi connectivity index (χ2v) is 6.25. The predicted octanol–water partition coefficient (Wildman–Crippen LogP) is 3.81. The van der Waals surface area contributed by atoms with E-state index in [4.69, 9.17) is 11.6 Å². The van der Waals surface area contributed by atoms with Crippen molar-refractivity contribution >= 4 is 17.4 Å². The van der Waals surface area contributed by atoms with Gasteiger partial charge >= 0.3 is 0 Å². The second kappa shape index (κ2) is 8.00. The van der Waals surface area contributed by atoms with E-state index < -0.39 is 17.2 Å². The van der Waals surface area contributed by atoms with Gasteiger partial charge in [0, 0.05) is 17.1 Å². The van der Waals surface area contributed by atoms with Crippen molar-refractivity contribution in [3.05, 3.63) is 61.9 Å². The number of unbranched alkanes of at least 4 members (excludes halogenated alkanes) is 2. The lowest BCUT2D eigenvalue weighted by Gasteiger charge is -2.15. The highest BCUT2D eigenvalue weighted by Gasteiger charge is 2.24. The van der Waals surface area contributed by atoms with Crippen LogP contribution in [0.25, 0.3) is 0 Å². The fraction of sp³-hybridized carbons (Fsp3) is 0.316. The molecule has 1 heterocycles. The molecule has 0 aliphatic heterocycles. The van der Waals surface area contributed by atoms with Crippen LogP contribution in [0.4, 0.5) is 0 Å². The van der Waals surface area contributed by atoms with E-state index >= 15 is 0 Å². The number of hydrogen-bond acceptors (Lipinski definition) is 4. The molecule has 25 heavy (non-hydrogen) atoms. The summed E-state index contributed by atoms with van der Waals surface area (Å²) < 4.78 is 1.11. The van der Waals surface area contributed by atoms with Crippen molar-refractivity contribution in [2.75, 3.05) is 0 Å². The lowest BCUT2D eigenvalue weighted by atomic mass is 9.97. The Morgan fingerprint density at radius 2 is 2.08 bits per heavy atom. The van der Waals surface area contributed by atoms with E-state index in [1.807, 2.05) is 13.0 Å². The number of nitriles is 1. The largest absolute Gasteiger partial charge is 0.494 e.